The fourth-order valence-corrected chi connectivity index (χ4v) is 4.60. The van der Waals surface area contributed by atoms with Crippen molar-refractivity contribution in [2.45, 2.75) is 20.8 Å². The number of carbonyl (C=O) groups is 1. The molecular formula is C29H24N4O3S. The van der Waals surface area contributed by atoms with E-state index < -0.39 is 5.56 Å². The van der Waals surface area contributed by atoms with Gasteiger partial charge >= 0.3 is 0 Å². The van der Waals surface area contributed by atoms with Crippen molar-refractivity contribution in [1.29, 1.82) is 0 Å². The quantitative estimate of drug-likeness (QED) is 0.292. The number of hydrogen-bond acceptors (Lipinski definition) is 5. The highest BCUT2D eigenvalue weighted by molar-refractivity contribution is 7.71. The third kappa shape index (κ3) is 4.21. The number of aromatic hydroxyl groups is 1. The number of para-hydroxylation sites is 2. The maximum Gasteiger partial charge on any atom is 0.280 e. The van der Waals surface area contributed by atoms with Gasteiger partial charge in [0.2, 0.25) is 5.88 Å². The summed E-state index contributed by atoms with van der Waals surface area (Å²) in [5.41, 5.74) is 3.92. The summed E-state index contributed by atoms with van der Waals surface area (Å²) in [4.78, 5) is 27.2. The van der Waals surface area contributed by atoms with Crippen molar-refractivity contribution < 1.29 is 9.90 Å². The average Bonchev–Trinajstić information content (AvgIpc) is 3.17. The number of aromatic nitrogens is 2. The number of amides is 1. The third-order valence-corrected chi connectivity index (χ3v) is 6.75. The summed E-state index contributed by atoms with van der Waals surface area (Å²) in [5, 5.41) is 17.1. The maximum atomic E-state index is 13.7. The van der Waals surface area contributed by atoms with Gasteiger partial charge in [0.1, 0.15) is 5.56 Å². The molecule has 0 unspecified atom stereocenters. The lowest BCUT2D eigenvalue weighted by Gasteiger charge is -2.17. The average molecular weight is 509 g/mol. The number of benzene rings is 3. The normalized spacial score (nSPS) is 14.4. The number of hydrogen-bond donors (Lipinski definition) is 1. The summed E-state index contributed by atoms with van der Waals surface area (Å²) in [6.45, 7) is 5.66. The first kappa shape index (κ1) is 24.1. The summed E-state index contributed by atoms with van der Waals surface area (Å²) in [7, 11) is 0. The number of rotatable bonds is 4. The summed E-state index contributed by atoms with van der Waals surface area (Å²) >= 11 is 5.67. The Balaban J connectivity index is 1.72. The molecule has 4 aromatic rings. The van der Waals surface area contributed by atoms with E-state index in [1.165, 1.54) is 20.2 Å². The van der Waals surface area contributed by atoms with Gasteiger partial charge in [-0.3, -0.25) is 18.7 Å². The molecular weight excluding hydrogens is 484 g/mol. The molecule has 1 aliphatic rings. The standard InChI is InChI=1S/C29H24N4O3S/c1-18-14-15-23(16-19(18)2)33-28(36)24(20(3)30-33)17-25-26(34)31(21-10-6-4-7-11-21)29(37)32(27(25)35)22-12-8-5-9-13-22/h4-17,34H,1-3H3. The van der Waals surface area contributed by atoms with Crippen molar-refractivity contribution in [3.8, 4) is 17.3 Å². The first-order valence-electron chi connectivity index (χ1n) is 11.7. The van der Waals surface area contributed by atoms with Crippen LogP contribution < -0.4 is 10.6 Å². The Morgan fingerprint density at radius 2 is 1.38 bits per heavy atom. The molecule has 0 saturated heterocycles. The first-order chi connectivity index (χ1) is 17.8. The van der Waals surface area contributed by atoms with Gasteiger partial charge in [0.25, 0.3) is 11.5 Å². The van der Waals surface area contributed by atoms with Crippen LogP contribution in [0.5, 0.6) is 5.88 Å². The van der Waals surface area contributed by atoms with Crippen molar-refractivity contribution >= 4 is 35.6 Å². The Morgan fingerprint density at radius 3 is 1.97 bits per heavy atom. The van der Waals surface area contributed by atoms with Gasteiger partial charge in [0, 0.05) is 0 Å². The van der Waals surface area contributed by atoms with E-state index in [-0.39, 0.29) is 27.7 Å². The summed E-state index contributed by atoms with van der Waals surface area (Å²) in [6.07, 6.45) is 1.40. The van der Waals surface area contributed by atoms with Gasteiger partial charge in [0.15, 0.2) is 4.77 Å². The van der Waals surface area contributed by atoms with Crippen LogP contribution in [0.3, 0.4) is 0 Å². The van der Waals surface area contributed by atoms with Gasteiger partial charge in [-0.2, -0.15) is 10.1 Å². The Hall–Kier alpha value is -4.56. The van der Waals surface area contributed by atoms with E-state index in [0.29, 0.717) is 22.8 Å². The van der Waals surface area contributed by atoms with Gasteiger partial charge in [-0.15, -0.1) is 0 Å². The number of anilines is 1. The highest BCUT2D eigenvalue weighted by atomic mass is 32.1. The molecule has 3 aromatic carbocycles. The zero-order valence-corrected chi connectivity index (χ0v) is 21.4. The minimum Gasteiger partial charge on any atom is -0.494 e. The lowest BCUT2D eigenvalue weighted by molar-refractivity contribution is -0.114. The summed E-state index contributed by atoms with van der Waals surface area (Å²) in [5.74, 6) is -0.745. The molecule has 1 N–H and O–H groups in total. The molecule has 1 aromatic heterocycles. The maximum absolute atomic E-state index is 13.7. The largest absolute Gasteiger partial charge is 0.494 e. The lowest BCUT2D eigenvalue weighted by Crippen LogP contribution is -2.26. The molecule has 8 heteroatoms. The minimum atomic E-state index is -0.543. The van der Waals surface area contributed by atoms with E-state index in [1.807, 2.05) is 56.3 Å². The van der Waals surface area contributed by atoms with E-state index in [2.05, 4.69) is 5.10 Å². The molecule has 0 atom stereocenters. The number of carbonyl (C=O) groups excluding carboxylic acids is 1. The molecule has 0 fully saturated rings. The van der Waals surface area contributed by atoms with Gasteiger partial charge in [-0.05, 0) is 86.6 Å². The van der Waals surface area contributed by atoms with E-state index in [0.717, 1.165) is 11.1 Å². The van der Waals surface area contributed by atoms with E-state index in [1.54, 1.807) is 43.3 Å². The van der Waals surface area contributed by atoms with Crippen LogP contribution in [-0.2, 0) is 4.79 Å². The molecule has 37 heavy (non-hydrogen) atoms. The predicted octanol–water partition coefficient (Wildman–Crippen LogP) is 5.49. The van der Waals surface area contributed by atoms with E-state index in [4.69, 9.17) is 12.2 Å². The van der Waals surface area contributed by atoms with Crippen LogP contribution in [0.1, 0.15) is 23.6 Å². The zero-order chi connectivity index (χ0) is 26.3. The monoisotopic (exact) mass is 508 g/mol. The Kier molecular flexibility index (Phi) is 6.19. The molecule has 7 nitrogen and oxygen atoms in total. The van der Waals surface area contributed by atoms with Crippen molar-refractivity contribution in [3.63, 3.8) is 0 Å². The van der Waals surface area contributed by atoms with Crippen LogP contribution in [0, 0.1) is 18.6 Å². The van der Waals surface area contributed by atoms with Gasteiger partial charge < -0.3 is 5.11 Å². The Morgan fingerprint density at radius 1 is 0.784 bits per heavy atom. The van der Waals surface area contributed by atoms with Crippen molar-refractivity contribution in [2.24, 2.45) is 5.10 Å². The molecule has 184 valence electrons. The molecule has 1 aliphatic heterocycles. The van der Waals surface area contributed by atoms with Crippen LogP contribution in [0.2, 0.25) is 0 Å². The van der Waals surface area contributed by atoms with Crippen LogP contribution in [0.15, 0.2) is 94.3 Å². The van der Waals surface area contributed by atoms with Crippen molar-refractivity contribution in [1.82, 2.24) is 9.13 Å². The second-order valence-electron chi connectivity index (χ2n) is 8.80. The first-order valence-corrected chi connectivity index (χ1v) is 12.1. The summed E-state index contributed by atoms with van der Waals surface area (Å²) in [6, 6.07) is 23.6. The van der Waals surface area contributed by atoms with Gasteiger partial charge in [-0.25, -0.2) is 0 Å². The van der Waals surface area contributed by atoms with E-state index >= 15 is 0 Å². The highest BCUT2D eigenvalue weighted by Crippen LogP contribution is 2.29. The van der Waals surface area contributed by atoms with Crippen molar-refractivity contribution in [2.75, 3.05) is 5.01 Å². The second-order valence-corrected chi connectivity index (χ2v) is 9.16. The van der Waals surface area contributed by atoms with Crippen LogP contribution in [0.25, 0.3) is 17.5 Å². The van der Waals surface area contributed by atoms with Crippen LogP contribution >= 0.6 is 12.2 Å². The minimum absolute atomic E-state index is 0.0684. The number of aryl methyl sites for hydroxylation is 2. The van der Waals surface area contributed by atoms with Crippen LogP contribution in [0.4, 0.5) is 5.69 Å². The zero-order valence-electron chi connectivity index (χ0n) is 20.5. The molecule has 0 spiro atoms. The Labute approximate surface area is 218 Å². The topological polar surface area (TPSA) is 79.8 Å². The molecule has 0 aliphatic carbocycles. The molecule has 0 saturated carbocycles. The Bertz CT molecular complexity index is 1720. The smallest absolute Gasteiger partial charge is 0.280 e. The second kappa shape index (κ2) is 9.48. The highest BCUT2D eigenvalue weighted by Gasteiger charge is 2.30. The third-order valence-electron chi connectivity index (χ3n) is 6.38. The van der Waals surface area contributed by atoms with Crippen molar-refractivity contribution in [3.05, 3.63) is 116 Å². The SMILES string of the molecule is CC1=NN(c2ccc(C)c(C)c2)C(=O)C1=Cc1c(O)n(-c2ccccc2)c(=S)n(-c2ccccc2)c1=O. The molecule has 1 amide bonds. The number of nitrogens with zero attached hydrogens (tertiary/aromatic N) is 4. The lowest BCUT2D eigenvalue weighted by atomic mass is 10.1. The van der Waals surface area contributed by atoms with Gasteiger partial charge in [-0.1, -0.05) is 42.5 Å². The number of hydrazone groups is 1. The summed E-state index contributed by atoms with van der Waals surface area (Å²) < 4.78 is 2.87. The molecule has 0 radical (unpaired) electrons. The van der Waals surface area contributed by atoms with E-state index in [9.17, 15) is 14.7 Å². The fourth-order valence-electron chi connectivity index (χ4n) is 4.22. The molecule has 2 heterocycles. The fraction of sp³-hybridized carbons (Fsp3) is 0.103. The predicted molar refractivity (Wildman–Crippen MR) is 148 cm³/mol. The van der Waals surface area contributed by atoms with Gasteiger partial charge in [0.05, 0.1) is 28.3 Å². The molecule has 5 rings (SSSR count). The molecule has 0 bridgehead atoms. The van der Waals surface area contributed by atoms with Crippen LogP contribution in [-0.4, -0.2) is 25.9 Å².